The van der Waals surface area contributed by atoms with E-state index in [1.165, 1.54) is 0 Å². The zero-order valence-electron chi connectivity index (χ0n) is 8.83. The fraction of sp³-hybridized carbons (Fsp3) is 0.600. The number of imidazole rings is 1. The van der Waals surface area contributed by atoms with Crippen molar-refractivity contribution in [1.82, 2.24) is 9.97 Å². The molecule has 14 heavy (non-hydrogen) atoms. The lowest BCUT2D eigenvalue weighted by Crippen LogP contribution is -2.06. The summed E-state index contributed by atoms with van der Waals surface area (Å²) in [6, 6.07) is 0. The number of nitrogens with one attached hydrogen (secondary N) is 1. The van der Waals surface area contributed by atoms with Crippen molar-refractivity contribution >= 4 is 5.97 Å². The third-order valence-electron chi connectivity index (χ3n) is 1.73. The third kappa shape index (κ3) is 2.87. The summed E-state index contributed by atoms with van der Waals surface area (Å²) in [6.45, 7) is 6.38. The molecule has 0 atom stereocenters. The van der Waals surface area contributed by atoms with E-state index in [2.05, 4.69) is 23.8 Å². The number of rotatable bonds is 4. The van der Waals surface area contributed by atoms with Crippen molar-refractivity contribution in [3.63, 3.8) is 0 Å². The maximum Gasteiger partial charge on any atom is 0.374 e. The molecular weight excluding hydrogens is 180 g/mol. The predicted molar refractivity (Wildman–Crippen MR) is 53.1 cm³/mol. The minimum Gasteiger partial charge on any atom is -0.460 e. The standard InChI is InChI=1S/C10H16N2O2/c1-4-14-10(13)9-11-6-8(12-9)5-7(2)3/h6-7H,4-5H2,1-3H3,(H,11,12). The molecule has 0 aliphatic carbocycles. The first-order valence-electron chi connectivity index (χ1n) is 4.84. The van der Waals surface area contributed by atoms with Gasteiger partial charge in [0.2, 0.25) is 5.82 Å². The van der Waals surface area contributed by atoms with Gasteiger partial charge in [0.25, 0.3) is 0 Å². The Kier molecular flexibility index (Phi) is 3.68. The van der Waals surface area contributed by atoms with Gasteiger partial charge in [-0.15, -0.1) is 0 Å². The number of nitrogens with zero attached hydrogens (tertiary/aromatic N) is 1. The maximum absolute atomic E-state index is 11.2. The van der Waals surface area contributed by atoms with Crippen LogP contribution in [0, 0.1) is 5.92 Å². The number of aromatic amines is 1. The van der Waals surface area contributed by atoms with Gasteiger partial charge in [-0.05, 0) is 19.3 Å². The van der Waals surface area contributed by atoms with Crippen LogP contribution in [0.1, 0.15) is 37.1 Å². The molecule has 0 aliphatic heterocycles. The molecule has 0 radical (unpaired) electrons. The Balaban J connectivity index is 2.63. The van der Waals surface area contributed by atoms with E-state index < -0.39 is 0 Å². The zero-order chi connectivity index (χ0) is 10.6. The quantitative estimate of drug-likeness (QED) is 0.747. The van der Waals surface area contributed by atoms with Gasteiger partial charge in [0.05, 0.1) is 6.61 Å². The molecule has 1 heterocycles. The van der Waals surface area contributed by atoms with Crippen LogP contribution in [0.25, 0.3) is 0 Å². The van der Waals surface area contributed by atoms with E-state index in [-0.39, 0.29) is 5.97 Å². The first-order valence-corrected chi connectivity index (χ1v) is 4.84. The largest absolute Gasteiger partial charge is 0.460 e. The van der Waals surface area contributed by atoms with Gasteiger partial charge in [0.1, 0.15) is 0 Å². The molecule has 0 unspecified atom stereocenters. The molecule has 1 aromatic heterocycles. The highest BCUT2D eigenvalue weighted by Gasteiger charge is 2.11. The molecule has 1 N–H and O–H groups in total. The first-order chi connectivity index (χ1) is 6.63. The summed E-state index contributed by atoms with van der Waals surface area (Å²) in [6.07, 6.45) is 2.58. The van der Waals surface area contributed by atoms with Gasteiger partial charge >= 0.3 is 5.97 Å². The second-order valence-corrected chi connectivity index (χ2v) is 3.58. The Hall–Kier alpha value is -1.32. The lowest BCUT2D eigenvalue weighted by molar-refractivity contribution is 0.0513. The van der Waals surface area contributed by atoms with E-state index >= 15 is 0 Å². The number of carbonyl (C=O) groups is 1. The molecule has 0 aromatic carbocycles. The van der Waals surface area contributed by atoms with E-state index in [0.717, 1.165) is 12.1 Å². The Morgan fingerprint density at radius 2 is 2.36 bits per heavy atom. The van der Waals surface area contributed by atoms with E-state index in [4.69, 9.17) is 4.74 Å². The molecule has 0 spiro atoms. The van der Waals surface area contributed by atoms with Crippen molar-refractivity contribution in [3.05, 3.63) is 17.7 Å². The summed E-state index contributed by atoms with van der Waals surface area (Å²) >= 11 is 0. The van der Waals surface area contributed by atoms with E-state index in [1.54, 1.807) is 13.1 Å². The van der Waals surface area contributed by atoms with Crippen LogP contribution in [0.4, 0.5) is 0 Å². The molecule has 0 saturated heterocycles. The van der Waals surface area contributed by atoms with Gasteiger partial charge in [-0.1, -0.05) is 13.8 Å². The monoisotopic (exact) mass is 196 g/mol. The molecule has 1 aromatic rings. The molecule has 4 nitrogen and oxygen atoms in total. The zero-order valence-corrected chi connectivity index (χ0v) is 8.83. The molecule has 4 heteroatoms. The number of hydrogen-bond acceptors (Lipinski definition) is 3. The summed E-state index contributed by atoms with van der Waals surface area (Å²) in [5.41, 5.74) is 0.975. The van der Waals surface area contributed by atoms with Crippen LogP contribution >= 0.6 is 0 Å². The van der Waals surface area contributed by atoms with Crippen LogP contribution in [-0.4, -0.2) is 22.5 Å². The number of ether oxygens (including phenoxy) is 1. The second-order valence-electron chi connectivity index (χ2n) is 3.58. The highest BCUT2D eigenvalue weighted by Crippen LogP contribution is 2.06. The highest BCUT2D eigenvalue weighted by atomic mass is 16.5. The smallest absolute Gasteiger partial charge is 0.374 e. The first kappa shape index (κ1) is 10.8. The predicted octanol–water partition coefficient (Wildman–Crippen LogP) is 1.78. The number of carbonyl (C=O) groups excluding carboxylic acids is 1. The van der Waals surface area contributed by atoms with Crippen LogP contribution in [0.5, 0.6) is 0 Å². The fourth-order valence-corrected chi connectivity index (χ4v) is 1.21. The van der Waals surface area contributed by atoms with E-state index in [0.29, 0.717) is 18.3 Å². The summed E-state index contributed by atoms with van der Waals surface area (Å²) < 4.78 is 4.81. The van der Waals surface area contributed by atoms with Crippen molar-refractivity contribution in [2.24, 2.45) is 5.92 Å². The molecule has 0 amide bonds. The Morgan fingerprint density at radius 3 is 2.93 bits per heavy atom. The summed E-state index contributed by atoms with van der Waals surface area (Å²) in [5.74, 6) is 0.454. The molecule has 0 fully saturated rings. The van der Waals surface area contributed by atoms with Gasteiger partial charge in [-0.2, -0.15) is 0 Å². The van der Waals surface area contributed by atoms with Gasteiger partial charge in [0.15, 0.2) is 0 Å². The molecule has 0 aliphatic rings. The molecule has 0 bridgehead atoms. The Labute approximate surface area is 83.7 Å². The topological polar surface area (TPSA) is 55.0 Å². The molecule has 0 saturated carbocycles. The van der Waals surface area contributed by atoms with Crippen molar-refractivity contribution in [2.75, 3.05) is 6.61 Å². The molecule has 1 rings (SSSR count). The molecular formula is C10H16N2O2. The minimum absolute atomic E-state index is 0.294. The average molecular weight is 196 g/mol. The van der Waals surface area contributed by atoms with Gasteiger partial charge in [-0.25, -0.2) is 9.78 Å². The normalized spacial score (nSPS) is 10.6. The fourth-order valence-electron chi connectivity index (χ4n) is 1.21. The number of esters is 1. The van der Waals surface area contributed by atoms with Crippen molar-refractivity contribution in [3.8, 4) is 0 Å². The van der Waals surface area contributed by atoms with E-state index in [9.17, 15) is 4.79 Å². The third-order valence-corrected chi connectivity index (χ3v) is 1.73. The maximum atomic E-state index is 11.2. The van der Waals surface area contributed by atoms with Crippen LogP contribution < -0.4 is 0 Å². The van der Waals surface area contributed by atoms with Crippen LogP contribution in [-0.2, 0) is 11.2 Å². The number of hydrogen-bond donors (Lipinski definition) is 1. The van der Waals surface area contributed by atoms with Crippen LogP contribution in [0.3, 0.4) is 0 Å². The van der Waals surface area contributed by atoms with Crippen molar-refractivity contribution in [1.29, 1.82) is 0 Å². The minimum atomic E-state index is -0.387. The van der Waals surface area contributed by atoms with Crippen molar-refractivity contribution < 1.29 is 9.53 Å². The lowest BCUT2D eigenvalue weighted by Gasteiger charge is -2.00. The van der Waals surface area contributed by atoms with Crippen LogP contribution in [0.15, 0.2) is 6.20 Å². The van der Waals surface area contributed by atoms with E-state index in [1.807, 2.05) is 0 Å². The lowest BCUT2D eigenvalue weighted by atomic mass is 10.1. The number of aromatic nitrogens is 2. The average Bonchev–Trinajstić information content (AvgIpc) is 2.52. The van der Waals surface area contributed by atoms with Gasteiger partial charge in [0, 0.05) is 11.9 Å². The van der Waals surface area contributed by atoms with Crippen molar-refractivity contribution in [2.45, 2.75) is 27.2 Å². The van der Waals surface area contributed by atoms with Crippen LogP contribution in [0.2, 0.25) is 0 Å². The summed E-state index contributed by atoms with van der Waals surface area (Å²) in [4.78, 5) is 18.1. The molecule has 78 valence electrons. The SMILES string of the molecule is CCOC(=O)c1ncc(CC(C)C)[nH]1. The highest BCUT2D eigenvalue weighted by molar-refractivity contribution is 5.85. The Morgan fingerprint density at radius 1 is 1.64 bits per heavy atom. The summed E-state index contributed by atoms with van der Waals surface area (Å²) in [5, 5.41) is 0. The summed E-state index contributed by atoms with van der Waals surface area (Å²) in [7, 11) is 0. The second kappa shape index (κ2) is 4.79. The number of H-pyrrole nitrogens is 1. The van der Waals surface area contributed by atoms with Gasteiger partial charge in [-0.3, -0.25) is 0 Å². The Bertz CT molecular complexity index is 305. The van der Waals surface area contributed by atoms with Gasteiger partial charge < -0.3 is 9.72 Å².